The molecule has 19 nitrogen and oxygen atoms in total. The van der Waals surface area contributed by atoms with Crippen LogP contribution in [0.4, 0.5) is 0 Å². The van der Waals surface area contributed by atoms with Crippen molar-refractivity contribution in [2.24, 2.45) is 0 Å². The third-order valence-corrected chi connectivity index (χ3v) is 14.2. The lowest BCUT2D eigenvalue weighted by molar-refractivity contribution is 0.248. The van der Waals surface area contributed by atoms with Gasteiger partial charge in [0.25, 0.3) is 20.2 Å². The summed E-state index contributed by atoms with van der Waals surface area (Å²) in [5.74, 6) is 3.24. The maximum Gasteiger partial charge on any atom is 0.261 e. The molecule has 2 heterocycles. The van der Waals surface area contributed by atoms with Crippen LogP contribution in [-0.2, 0) is 92.1 Å². The van der Waals surface area contributed by atoms with Crippen molar-refractivity contribution in [2.45, 2.75) is 103 Å². The number of rotatable bonds is 18. The summed E-state index contributed by atoms with van der Waals surface area (Å²) in [6.07, 6.45) is 12.9. The lowest BCUT2D eigenvalue weighted by Gasteiger charge is -2.30. The molecule has 0 saturated carbocycles. The van der Waals surface area contributed by atoms with Gasteiger partial charge in [-0.25, -0.2) is 26.9 Å². The van der Waals surface area contributed by atoms with Crippen LogP contribution in [0.1, 0.15) is 107 Å². The molecule has 8 rings (SSSR count). The van der Waals surface area contributed by atoms with Crippen molar-refractivity contribution in [2.75, 3.05) is 78.5 Å². The van der Waals surface area contributed by atoms with Crippen LogP contribution in [0.2, 0.25) is 0 Å². The Morgan fingerprint density at radius 1 is 0.560 bits per heavy atom. The first kappa shape index (κ1) is 63.5. The molecule has 0 amide bonds. The van der Waals surface area contributed by atoms with E-state index in [9.17, 15) is 33.7 Å². The molecular formula is C52H80N6O13S4. The third kappa shape index (κ3) is 22.4. The van der Waals surface area contributed by atoms with Gasteiger partial charge in [0, 0.05) is 52.4 Å². The lowest BCUT2D eigenvalue weighted by atomic mass is 9.82. The molecule has 23 heteroatoms. The van der Waals surface area contributed by atoms with Gasteiger partial charge in [-0.3, -0.25) is 9.11 Å². The summed E-state index contributed by atoms with van der Waals surface area (Å²) in [6.45, 7) is 12.1. The molecular weight excluding hydrogens is 1040 g/mol. The smallest absolute Gasteiger partial charge is 0.261 e. The highest BCUT2D eigenvalue weighted by molar-refractivity contribution is 7.88. The van der Waals surface area contributed by atoms with E-state index >= 15 is 0 Å². The Morgan fingerprint density at radius 2 is 0.907 bits per heavy atom. The Balaban J connectivity index is 0.000000272. The van der Waals surface area contributed by atoms with E-state index in [1.165, 1.54) is 93.8 Å². The summed E-state index contributed by atoms with van der Waals surface area (Å²) in [7, 11) is -9.38. The molecule has 2 atom stereocenters. The molecule has 0 aromatic heterocycles. The molecule has 6 N–H and O–H groups in total. The number of nitrogens with zero attached hydrogens (tertiary/aromatic N) is 4. The molecule has 420 valence electrons. The van der Waals surface area contributed by atoms with Gasteiger partial charge in [0.1, 0.15) is 11.5 Å². The van der Waals surface area contributed by atoms with Crippen LogP contribution in [-0.4, -0.2) is 147 Å². The van der Waals surface area contributed by atoms with E-state index in [2.05, 4.69) is 106 Å². The Labute approximate surface area is 446 Å². The van der Waals surface area contributed by atoms with Gasteiger partial charge in [-0.15, -0.1) is 9.66 Å². The second-order valence-corrected chi connectivity index (χ2v) is 26.2. The number of hydrogen-bond acceptors (Lipinski definition) is 14. The number of fused-ring (bicyclic) bond motifs is 4. The number of hydrazine groups is 2. The number of hydrogen-bond donors (Lipinski definition) is 4. The highest BCUT2D eigenvalue weighted by Gasteiger charge is 2.27. The molecule has 75 heavy (non-hydrogen) atoms. The van der Waals surface area contributed by atoms with Crippen LogP contribution in [0.15, 0.2) is 72.8 Å². The molecule has 2 unspecified atom stereocenters. The predicted molar refractivity (Wildman–Crippen MR) is 295 cm³/mol. The number of sulfonamides is 2. The Morgan fingerprint density at radius 3 is 1.24 bits per heavy atom. The number of benzene rings is 4. The van der Waals surface area contributed by atoms with Crippen molar-refractivity contribution in [3.05, 3.63) is 128 Å². The predicted octanol–water partition coefficient (Wildman–Crippen LogP) is 5.10. The zero-order chi connectivity index (χ0) is 54.4. The van der Waals surface area contributed by atoms with Gasteiger partial charge in [0.15, 0.2) is 0 Å². The normalized spacial score (nSPS) is 17.4. The maximum atomic E-state index is 11.5. The van der Waals surface area contributed by atoms with E-state index < -0.39 is 40.3 Å². The van der Waals surface area contributed by atoms with Crippen LogP contribution in [0, 0.1) is 0 Å². The first-order valence-electron chi connectivity index (χ1n) is 25.0. The second-order valence-electron chi connectivity index (χ2n) is 19.8. The number of likely N-dealkylation sites (N-methyl/N-ethyl adjacent to an activating group) is 2. The molecule has 2 aliphatic carbocycles. The topological polar surface area (TPSA) is 264 Å². The summed E-state index contributed by atoms with van der Waals surface area (Å²) >= 11 is 0. The fraction of sp³-hybridized carbons (Fsp3) is 0.538. The zero-order valence-electron chi connectivity index (χ0n) is 44.7. The minimum absolute atomic E-state index is 0. The lowest BCUT2D eigenvalue weighted by Crippen LogP contribution is -2.37. The average Bonchev–Trinajstić information content (AvgIpc) is 3.88. The summed E-state index contributed by atoms with van der Waals surface area (Å²) < 4.78 is 110. The third-order valence-electron chi connectivity index (χ3n) is 13.0. The van der Waals surface area contributed by atoms with E-state index in [0.717, 1.165) is 63.4 Å². The van der Waals surface area contributed by atoms with Gasteiger partial charge in [0.05, 0.1) is 38.2 Å². The monoisotopic (exact) mass is 1120 g/mol. The van der Waals surface area contributed by atoms with Crippen molar-refractivity contribution < 1.29 is 57.7 Å². The molecule has 2 aliphatic heterocycles. The van der Waals surface area contributed by atoms with Crippen molar-refractivity contribution in [3.8, 4) is 11.5 Å². The summed E-state index contributed by atoms with van der Waals surface area (Å²) in [6, 6.07) is 26.2. The van der Waals surface area contributed by atoms with Crippen molar-refractivity contribution in [3.63, 3.8) is 0 Å². The van der Waals surface area contributed by atoms with Crippen molar-refractivity contribution >= 4 is 40.3 Å². The molecule has 0 radical (unpaired) electrons. The summed E-state index contributed by atoms with van der Waals surface area (Å²) in [5.41, 5.74) is 13.2. The van der Waals surface area contributed by atoms with Crippen LogP contribution < -0.4 is 19.1 Å². The standard InChI is InChI=1S/2C25H35N3O3S.2CH4O3S.H2O/c2*1-4-31-25-10-6-8-23-21(7-5-9-24(23)25)16-27(2)14-13-19-11-12-20-17-28(18-22(20)15-19)26-32(3,29)30;2*1-5(2,3)4;/h2*6,8,10-12,15,21,26H,4-5,7,9,13-14,16-18H2,1-3H3;2*1H3,(H,2,3,4);1H2. The van der Waals surface area contributed by atoms with Gasteiger partial charge in [-0.2, -0.15) is 16.8 Å². The minimum Gasteiger partial charge on any atom is -0.494 e. The second kappa shape index (κ2) is 28.5. The highest BCUT2D eigenvalue weighted by Crippen LogP contribution is 2.38. The van der Waals surface area contributed by atoms with Gasteiger partial charge in [-0.1, -0.05) is 60.7 Å². The fourth-order valence-corrected chi connectivity index (χ4v) is 11.4. The van der Waals surface area contributed by atoms with Crippen LogP contribution in [0.3, 0.4) is 0 Å². The van der Waals surface area contributed by atoms with E-state index in [1.807, 2.05) is 13.8 Å². The van der Waals surface area contributed by atoms with Crippen LogP contribution in [0.5, 0.6) is 11.5 Å². The molecule has 4 aliphatic rings. The molecule has 4 aromatic carbocycles. The van der Waals surface area contributed by atoms with Gasteiger partial charge >= 0.3 is 0 Å². The Hall–Kier alpha value is -4.08. The van der Waals surface area contributed by atoms with Crippen LogP contribution >= 0.6 is 0 Å². The highest BCUT2D eigenvalue weighted by atomic mass is 32.2. The molecule has 4 aromatic rings. The molecule has 0 fully saturated rings. The number of nitrogens with one attached hydrogen (secondary N) is 2. The minimum atomic E-state index is -3.67. The SMILES string of the molecule is CCOc1cccc2c1CCCC2CN(C)CCc1ccc2c(c1)CN(NS(C)(=O)=O)C2.CCOc1cccc2c1CCCC2CN(C)CCc1ccc2c(c1)CN(NS(C)(=O)=O)C2.CS(=O)(=O)O.CS(=O)(=O)O.O. The van der Waals surface area contributed by atoms with Gasteiger partial charge in [0.2, 0.25) is 20.0 Å². The fourth-order valence-electron chi connectivity index (χ4n) is 10.2. The van der Waals surface area contributed by atoms with Gasteiger partial charge in [-0.05, 0) is 159 Å². The Bertz CT molecular complexity index is 2750. The van der Waals surface area contributed by atoms with Crippen LogP contribution in [0.25, 0.3) is 0 Å². The quantitative estimate of drug-likeness (QED) is 0.0945. The van der Waals surface area contributed by atoms with E-state index in [0.29, 0.717) is 63.7 Å². The Kier molecular flexibility index (Phi) is 24.1. The summed E-state index contributed by atoms with van der Waals surface area (Å²) in [4.78, 5) is 10.1. The first-order valence-corrected chi connectivity index (χ1v) is 32.5. The van der Waals surface area contributed by atoms with Crippen molar-refractivity contribution in [1.82, 2.24) is 29.5 Å². The van der Waals surface area contributed by atoms with Gasteiger partial charge < -0.3 is 24.7 Å². The maximum absolute atomic E-state index is 11.5. The van der Waals surface area contributed by atoms with E-state index in [4.69, 9.17) is 18.6 Å². The summed E-state index contributed by atoms with van der Waals surface area (Å²) in [5, 5.41) is 3.51. The number of ether oxygens (including phenoxy) is 2. The molecule has 0 saturated heterocycles. The average molecular weight is 1130 g/mol. The molecule has 0 spiro atoms. The van der Waals surface area contributed by atoms with E-state index in [-0.39, 0.29) is 5.48 Å². The van der Waals surface area contributed by atoms with Crippen molar-refractivity contribution in [1.29, 1.82) is 0 Å². The molecule has 0 bridgehead atoms. The first-order chi connectivity index (χ1) is 34.6. The van der Waals surface area contributed by atoms with E-state index in [1.54, 1.807) is 10.0 Å². The largest absolute Gasteiger partial charge is 0.494 e. The zero-order valence-corrected chi connectivity index (χ0v) is 48.0.